The van der Waals surface area contributed by atoms with Crippen molar-refractivity contribution in [3.8, 4) is 0 Å². The molecule has 20 heavy (non-hydrogen) atoms. The lowest BCUT2D eigenvalue weighted by Crippen LogP contribution is -2.34. The van der Waals surface area contributed by atoms with Gasteiger partial charge in [0.05, 0.1) is 12.7 Å². The van der Waals surface area contributed by atoms with Crippen LogP contribution in [0.15, 0.2) is 12.2 Å². The number of rotatable bonds is 12. The van der Waals surface area contributed by atoms with Gasteiger partial charge in [0, 0.05) is 13.1 Å². The van der Waals surface area contributed by atoms with Gasteiger partial charge in [0.25, 0.3) is 0 Å². The Morgan fingerprint density at radius 1 is 1.15 bits per heavy atom. The fourth-order valence-corrected chi connectivity index (χ4v) is 2.40. The van der Waals surface area contributed by atoms with E-state index in [0.717, 1.165) is 26.1 Å². The van der Waals surface area contributed by atoms with E-state index < -0.39 is 0 Å². The van der Waals surface area contributed by atoms with E-state index in [-0.39, 0.29) is 5.91 Å². The summed E-state index contributed by atoms with van der Waals surface area (Å²) >= 11 is 0. The van der Waals surface area contributed by atoms with Crippen LogP contribution in [0.4, 0.5) is 0 Å². The average Bonchev–Trinajstić information content (AvgIpc) is 3.24. The van der Waals surface area contributed by atoms with Gasteiger partial charge in [-0.2, -0.15) is 0 Å². The minimum atomic E-state index is 0.131. The molecule has 1 saturated heterocycles. The maximum atomic E-state index is 11.9. The third kappa shape index (κ3) is 8.36. The van der Waals surface area contributed by atoms with Gasteiger partial charge < -0.3 is 9.64 Å². The molecule has 1 aliphatic heterocycles. The van der Waals surface area contributed by atoms with Gasteiger partial charge in [-0.25, -0.2) is 0 Å². The molecule has 116 valence electrons. The van der Waals surface area contributed by atoms with Crippen LogP contribution in [0.2, 0.25) is 0 Å². The highest BCUT2D eigenvalue weighted by Crippen LogP contribution is 2.13. The molecule has 0 saturated carbocycles. The summed E-state index contributed by atoms with van der Waals surface area (Å²) in [6, 6.07) is 0. The van der Waals surface area contributed by atoms with Gasteiger partial charge in [0.1, 0.15) is 0 Å². The second-order valence-electron chi connectivity index (χ2n) is 5.71. The van der Waals surface area contributed by atoms with Crippen molar-refractivity contribution in [2.45, 2.75) is 71.3 Å². The molecule has 3 nitrogen and oxygen atoms in total. The molecule has 0 aromatic rings. The van der Waals surface area contributed by atoms with Crippen molar-refractivity contribution >= 4 is 5.91 Å². The molecule has 0 aliphatic carbocycles. The SMILES string of the molecule is CC=CC(=O)N(CCCCCCCCCC)CC1CO1. The second-order valence-corrected chi connectivity index (χ2v) is 5.71. The summed E-state index contributed by atoms with van der Waals surface area (Å²) < 4.78 is 5.23. The van der Waals surface area contributed by atoms with Crippen molar-refractivity contribution in [1.82, 2.24) is 4.90 Å². The lowest BCUT2D eigenvalue weighted by Gasteiger charge is -2.20. The Hall–Kier alpha value is -0.830. The van der Waals surface area contributed by atoms with Gasteiger partial charge in [-0.15, -0.1) is 0 Å². The fraction of sp³-hybridized carbons (Fsp3) is 0.824. The van der Waals surface area contributed by atoms with Gasteiger partial charge in [-0.05, 0) is 19.4 Å². The van der Waals surface area contributed by atoms with Crippen LogP contribution in [-0.2, 0) is 9.53 Å². The first-order valence-corrected chi connectivity index (χ1v) is 8.31. The molecular formula is C17H31NO2. The largest absolute Gasteiger partial charge is 0.371 e. The normalized spacial score (nSPS) is 17.6. The molecule has 1 heterocycles. The van der Waals surface area contributed by atoms with Crippen molar-refractivity contribution in [2.75, 3.05) is 19.7 Å². The molecule has 0 radical (unpaired) electrons. The van der Waals surface area contributed by atoms with Crippen LogP contribution in [0.25, 0.3) is 0 Å². The lowest BCUT2D eigenvalue weighted by molar-refractivity contribution is -0.126. The van der Waals surface area contributed by atoms with E-state index >= 15 is 0 Å². The Morgan fingerprint density at radius 2 is 1.75 bits per heavy atom. The first-order chi connectivity index (χ1) is 9.77. The first kappa shape index (κ1) is 17.2. The Labute approximate surface area is 124 Å². The van der Waals surface area contributed by atoms with Crippen LogP contribution in [0, 0.1) is 0 Å². The lowest BCUT2D eigenvalue weighted by atomic mass is 10.1. The van der Waals surface area contributed by atoms with E-state index in [2.05, 4.69) is 6.92 Å². The van der Waals surface area contributed by atoms with Gasteiger partial charge in [-0.1, -0.05) is 57.9 Å². The third-order valence-electron chi connectivity index (χ3n) is 3.73. The number of hydrogen-bond acceptors (Lipinski definition) is 2. The zero-order valence-corrected chi connectivity index (χ0v) is 13.3. The minimum Gasteiger partial charge on any atom is -0.371 e. The third-order valence-corrected chi connectivity index (χ3v) is 3.73. The van der Waals surface area contributed by atoms with E-state index in [1.54, 1.807) is 6.08 Å². The molecule has 0 aromatic heterocycles. The van der Waals surface area contributed by atoms with E-state index in [1.807, 2.05) is 17.9 Å². The number of epoxide rings is 1. The second kappa shape index (κ2) is 10.9. The van der Waals surface area contributed by atoms with Crippen LogP contribution >= 0.6 is 0 Å². The maximum Gasteiger partial charge on any atom is 0.246 e. The van der Waals surface area contributed by atoms with E-state index in [0.29, 0.717) is 6.10 Å². The molecule has 1 rings (SSSR count). The average molecular weight is 281 g/mol. The van der Waals surface area contributed by atoms with Crippen LogP contribution in [0.3, 0.4) is 0 Å². The van der Waals surface area contributed by atoms with Gasteiger partial charge in [-0.3, -0.25) is 4.79 Å². The maximum absolute atomic E-state index is 11.9. The minimum absolute atomic E-state index is 0.131. The van der Waals surface area contributed by atoms with E-state index in [9.17, 15) is 4.79 Å². The van der Waals surface area contributed by atoms with Crippen molar-refractivity contribution in [3.05, 3.63) is 12.2 Å². The van der Waals surface area contributed by atoms with Crippen molar-refractivity contribution in [1.29, 1.82) is 0 Å². The summed E-state index contributed by atoms with van der Waals surface area (Å²) in [4.78, 5) is 13.9. The van der Waals surface area contributed by atoms with Crippen LogP contribution in [-0.4, -0.2) is 36.6 Å². The number of hydrogen-bond donors (Lipinski definition) is 0. The standard InChI is InChI=1S/C17H31NO2/c1-3-5-6-7-8-9-10-11-13-18(14-16-15-20-16)17(19)12-4-2/h4,12,16H,3,5-11,13-15H2,1-2H3. The summed E-state index contributed by atoms with van der Waals surface area (Å²) in [5.74, 6) is 0.131. The van der Waals surface area contributed by atoms with Crippen molar-refractivity contribution < 1.29 is 9.53 Å². The van der Waals surface area contributed by atoms with Crippen molar-refractivity contribution in [2.24, 2.45) is 0 Å². The number of ether oxygens (including phenoxy) is 1. The Balaban J connectivity index is 2.07. The highest BCUT2D eigenvalue weighted by Gasteiger charge is 2.26. The molecule has 0 aromatic carbocycles. The first-order valence-electron chi connectivity index (χ1n) is 8.31. The highest BCUT2D eigenvalue weighted by molar-refractivity contribution is 5.87. The summed E-state index contributed by atoms with van der Waals surface area (Å²) in [5.41, 5.74) is 0. The molecule has 1 atom stereocenters. The summed E-state index contributed by atoms with van der Waals surface area (Å²) in [6.45, 7) is 6.59. The zero-order chi connectivity index (χ0) is 14.6. The zero-order valence-electron chi connectivity index (χ0n) is 13.3. The molecule has 0 spiro atoms. The van der Waals surface area contributed by atoms with E-state index in [4.69, 9.17) is 4.74 Å². The Bertz CT molecular complexity index is 285. The molecule has 1 aliphatic rings. The number of carbonyl (C=O) groups excluding carboxylic acids is 1. The van der Waals surface area contributed by atoms with E-state index in [1.165, 1.54) is 44.9 Å². The summed E-state index contributed by atoms with van der Waals surface area (Å²) in [5, 5.41) is 0. The highest BCUT2D eigenvalue weighted by atomic mass is 16.6. The number of nitrogens with zero attached hydrogens (tertiary/aromatic N) is 1. The monoisotopic (exact) mass is 281 g/mol. The van der Waals surface area contributed by atoms with Crippen LogP contribution in [0.5, 0.6) is 0 Å². The van der Waals surface area contributed by atoms with Gasteiger partial charge >= 0.3 is 0 Å². The van der Waals surface area contributed by atoms with Crippen molar-refractivity contribution in [3.63, 3.8) is 0 Å². The predicted molar refractivity (Wildman–Crippen MR) is 83.7 cm³/mol. The number of amides is 1. The number of allylic oxidation sites excluding steroid dienone is 1. The smallest absolute Gasteiger partial charge is 0.246 e. The summed E-state index contributed by atoms with van der Waals surface area (Å²) in [7, 11) is 0. The predicted octanol–water partition coefficient (Wildman–Crippen LogP) is 3.93. The van der Waals surface area contributed by atoms with Gasteiger partial charge in [0.15, 0.2) is 0 Å². The Morgan fingerprint density at radius 3 is 2.30 bits per heavy atom. The molecular weight excluding hydrogens is 250 g/mol. The quantitative estimate of drug-likeness (QED) is 0.308. The molecule has 3 heteroatoms. The molecule has 1 fully saturated rings. The van der Waals surface area contributed by atoms with Crippen LogP contribution in [0.1, 0.15) is 65.2 Å². The fourth-order valence-electron chi connectivity index (χ4n) is 2.40. The molecule has 0 N–H and O–H groups in total. The molecule has 1 amide bonds. The molecule has 0 bridgehead atoms. The van der Waals surface area contributed by atoms with Gasteiger partial charge in [0.2, 0.25) is 5.91 Å². The number of carbonyl (C=O) groups is 1. The van der Waals surface area contributed by atoms with Crippen LogP contribution < -0.4 is 0 Å². The number of unbranched alkanes of at least 4 members (excludes halogenated alkanes) is 7. The topological polar surface area (TPSA) is 32.8 Å². The summed E-state index contributed by atoms with van der Waals surface area (Å²) in [6.07, 6.45) is 14.2. The molecule has 1 unspecified atom stereocenters. The Kier molecular flexibility index (Phi) is 9.38.